The lowest BCUT2D eigenvalue weighted by atomic mass is 10.3. The molecule has 0 heterocycles. The Kier molecular flexibility index (Phi) is 6.10. The molecule has 1 fully saturated rings. The molecule has 0 aromatic heterocycles. The Morgan fingerprint density at radius 1 is 1.53 bits per heavy atom. The first kappa shape index (κ1) is 12.8. The van der Waals surface area contributed by atoms with Crippen LogP contribution in [0.25, 0.3) is 0 Å². The summed E-state index contributed by atoms with van der Waals surface area (Å²) in [6, 6.07) is 0.373. The van der Waals surface area contributed by atoms with E-state index in [1.54, 1.807) is 0 Å². The predicted molar refractivity (Wildman–Crippen MR) is 63.9 cm³/mol. The molecular formula is C11H21NO2S. The van der Waals surface area contributed by atoms with E-state index in [1.165, 1.54) is 12.8 Å². The molecule has 0 aromatic rings. The van der Waals surface area contributed by atoms with Crippen LogP contribution in [-0.4, -0.2) is 29.6 Å². The summed E-state index contributed by atoms with van der Waals surface area (Å²) in [4.78, 5) is 11.0. The summed E-state index contributed by atoms with van der Waals surface area (Å²) in [6.07, 6.45) is 5.12. The van der Waals surface area contributed by atoms with Gasteiger partial charge in [0.15, 0.2) is 0 Å². The molecule has 0 radical (unpaired) electrons. The lowest BCUT2D eigenvalue weighted by Gasteiger charge is -2.14. The maximum atomic E-state index is 11.0. The molecule has 4 heteroatoms. The average molecular weight is 231 g/mol. The molecule has 2 N–H and O–H groups in total. The van der Waals surface area contributed by atoms with Crippen molar-refractivity contribution in [2.45, 2.75) is 50.3 Å². The summed E-state index contributed by atoms with van der Waals surface area (Å²) < 4.78 is 4.86. The first-order valence-electron chi connectivity index (χ1n) is 5.77. The highest BCUT2D eigenvalue weighted by Gasteiger charge is 2.23. The van der Waals surface area contributed by atoms with E-state index in [1.807, 2.05) is 18.7 Å². The number of nitrogens with two attached hydrogens (primary N) is 1. The maximum Gasteiger partial charge on any atom is 0.305 e. The van der Waals surface area contributed by atoms with Crippen molar-refractivity contribution in [1.29, 1.82) is 0 Å². The molecule has 0 aromatic carbocycles. The van der Waals surface area contributed by atoms with E-state index >= 15 is 0 Å². The van der Waals surface area contributed by atoms with Crippen LogP contribution < -0.4 is 5.73 Å². The molecular weight excluding hydrogens is 210 g/mol. The maximum absolute atomic E-state index is 11.0. The van der Waals surface area contributed by atoms with Gasteiger partial charge >= 0.3 is 5.97 Å². The van der Waals surface area contributed by atoms with Gasteiger partial charge in [-0.1, -0.05) is 6.42 Å². The molecule has 2 unspecified atom stereocenters. The summed E-state index contributed by atoms with van der Waals surface area (Å²) in [5.74, 6) is 0.950. The van der Waals surface area contributed by atoms with E-state index in [0.29, 0.717) is 24.3 Å². The van der Waals surface area contributed by atoms with E-state index < -0.39 is 0 Å². The van der Waals surface area contributed by atoms with Crippen LogP contribution in [0.5, 0.6) is 0 Å². The monoisotopic (exact) mass is 231 g/mol. The third-order valence-corrected chi connectivity index (χ3v) is 4.20. The van der Waals surface area contributed by atoms with Gasteiger partial charge in [-0.3, -0.25) is 4.79 Å². The molecule has 0 bridgehead atoms. The highest BCUT2D eigenvalue weighted by molar-refractivity contribution is 7.99. The second kappa shape index (κ2) is 7.12. The normalized spacial score (nSPS) is 25.5. The summed E-state index contributed by atoms with van der Waals surface area (Å²) >= 11 is 1.92. The number of hydrogen-bond donors (Lipinski definition) is 1. The smallest absolute Gasteiger partial charge is 0.305 e. The Balaban J connectivity index is 1.99. The van der Waals surface area contributed by atoms with E-state index in [4.69, 9.17) is 10.5 Å². The van der Waals surface area contributed by atoms with Gasteiger partial charge in [-0.05, 0) is 31.9 Å². The fourth-order valence-corrected chi connectivity index (χ4v) is 3.18. The van der Waals surface area contributed by atoms with Crippen molar-refractivity contribution in [3.63, 3.8) is 0 Å². The fourth-order valence-electron chi connectivity index (χ4n) is 1.85. The standard InChI is InChI=1S/C11H21NO2S/c1-2-14-11(13)7-4-8-15-10-6-3-5-9(10)12/h9-10H,2-8,12H2,1H3. The van der Waals surface area contributed by atoms with Crippen LogP contribution in [0.2, 0.25) is 0 Å². The summed E-state index contributed by atoms with van der Waals surface area (Å²) in [7, 11) is 0. The van der Waals surface area contributed by atoms with Crippen molar-refractivity contribution in [2.24, 2.45) is 5.73 Å². The topological polar surface area (TPSA) is 52.3 Å². The Morgan fingerprint density at radius 3 is 2.93 bits per heavy atom. The molecule has 0 spiro atoms. The number of esters is 1. The average Bonchev–Trinajstić information content (AvgIpc) is 2.60. The van der Waals surface area contributed by atoms with Gasteiger partial charge in [-0.25, -0.2) is 0 Å². The van der Waals surface area contributed by atoms with Gasteiger partial charge in [0.2, 0.25) is 0 Å². The van der Waals surface area contributed by atoms with E-state index in [0.717, 1.165) is 18.6 Å². The zero-order valence-corrected chi connectivity index (χ0v) is 10.2. The third-order valence-electron chi connectivity index (χ3n) is 2.67. The van der Waals surface area contributed by atoms with Gasteiger partial charge in [0.1, 0.15) is 0 Å². The van der Waals surface area contributed by atoms with E-state index in [2.05, 4.69) is 0 Å². The van der Waals surface area contributed by atoms with Crippen LogP contribution in [0.15, 0.2) is 0 Å². The van der Waals surface area contributed by atoms with E-state index in [-0.39, 0.29) is 5.97 Å². The Morgan fingerprint density at radius 2 is 2.33 bits per heavy atom. The second-order valence-electron chi connectivity index (χ2n) is 3.91. The van der Waals surface area contributed by atoms with Crippen LogP contribution in [0, 0.1) is 0 Å². The van der Waals surface area contributed by atoms with Crippen LogP contribution >= 0.6 is 11.8 Å². The first-order chi connectivity index (χ1) is 7.24. The predicted octanol–water partition coefficient (Wildman–Crippen LogP) is 1.94. The van der Waals surface area contributed by atoms with Gasteiger partial charge in [0.25, 0.3) is 0 Å². The van der Waals surface area contributed by atoms with Crippen molar-refractivity contribution in [3.8, 4) is 0 Å². The van der Waals surface area contributed by atoms with Gasteiger partial charge in [0, 0.05) is 17.7 Å². The van der Waals surface area contributed by atoms with Crippen LogP contribution in [0.1, 0.15) is 39.0 Å². The van der Waals surface area contributed by atoms with Crippen molar-refractivity contribution >= 4 is 17.7 Å². The van der Waals surface area contributed by atoms with Gasteiger partial charge < -0.3 is 10.5 Å². The van der Waals surface area contributed by atoms with Gasteiger partial charge in [-0.15, -0.1) is 0 Å². The summed E-state index contributed by atoms with van der Waals surface area (Å²) in [5, 5.41) is 0.618. The molecule has 0 aliphatic heterocycles. The molecule has 3 nitrogen and oxygen atoms in total. The molecule has 0 saturated heterocycles. The summed E-state index contributed by atoms with van der Waals surface area (Å²) in [5.41, 5.74) is 5.96. The number of ether oxygens (including phenoxy) is 1. The highest BCUT2D eigenvalue weighted by Crippen LogP contribution is 2.29. The molecule has 0 amide bonds. The molecule has 2 atom stereocenters. The molecule has 15 heavy (non-hydrogen) atoms. The minimum Gasteiger partial charge on any atom is -0.466 e. The molecule has 1 aliphatic carbocycles. The minimum atomic E-state index is -0.0752. The highest BCUT2D eigenvalue weighted by atomic mass is 32.2. The molecule has 1 saturated carbocycles. The quantitative estimate of drug-likeness (QED) is 0.560. The van der Waals surface area contributed by atoms with Crippen molar-refractivity contribution in [1.82, 2.24) is 0 Å². The van der Waals surface area contributed by atoms with Gasteiger partial charge in [-0.2, -0.15) is 11.8 Å². The first-order valence-corrected chi connectivity index (χ1v) is 6.81. The zero-order chi connectivity index (χ0) is 11.1. The third kappa shape index (κ3) is 4.89. The van der Waals surface area contributed by atoms with E-state index in [9.17, 15) is 4.79 Å². The number of carbonyl (C=O) groups excluding carboxylic acids is 1. The summed E-state index contributed by atoms with van der Waals surface area (Å²) in [6.45, 7) is 2.32. The lowest BCUT2D eigenvalue weighted by Crippen LogP contribution is -2.26. The zero-order valence-electron chi connectivity index (χ0n) is 9.41. The fraction of sp³-hybridized carbons (Fsp3) is 0.909. The van der Waals surface area contributed by atoms with Crippen LogP contribution in [0.4, 0.5) is 0 Å². The molecule has 1 aliphatic rings. The van der Waals surface area contributed by atoms with Crippen molar-refractivity contribution in [2.75, 3.05) is 12.4 Å². The number of thioether (sulfide) groups is 1. The van der Waals surface area contributed by atoms with Crippen molar-refractivity contribution < 1.29 is 9.53 Å². The number of hydrogen-bond acceptors (Lipinski definition) is 4. The van der Waals surface area contributed by atoms with Crippen molar-refractivity contribution in [3.05, 3.63) is 0 Å². The SMILES string of the molecule is CCOC(=O)CCCSC1CCCC1N. The minimum absolute atomic E-state index is 0.0752. The van der Waals surface area contributed by atoms with Crippen LogP contribution in [0.3, 0.4) is 0 Å². The van der Waals surface area contributed by atoms with Gasteiger partial charge in [0.05, 0.1) is 6.61 Å². The second-order valence-corrected chi connectivity index (χ2v) is 5.26. The van der Waals surface area contributed by atoms with Crippen LogP contribution in [-0.2, 0) is 9.53 Å². The molecule has 88 valence electrons. The molecule has 1 rings (SSSR count). The largest absolute Gasteiger partial charge is 0.466 e. The number of carbonyl (C=O) groups is 1. The lowest BCUT2D eigenvalue weighted by molar-refractivity contribution is -0.143. The number of rotatable bonds is 6. The Labute approximate surface area is 96.1 Å². The Hall–Kier alpha value is -0.220. The Bertz CT molecular complexity index is 199.